The molecule has 3 rings (SSSR count). The van der Waals surface area contributed by atoms with E-state index in [1.807, 2.05) is 0 Å². The summed E-state index contributed by atoms with van der Waals surface area (Å²) in [6, 6.07) is 0. The lowest BCUT2D eigenvalue weighted by molar-refractivity contribution is -0.0822. The van der Waals surface area contributed by atoms with Gasteiger partial charge >= 0.3 is 0 Å². The summed E-state index contributed by atoms with van der Waals surface area (Å²) in [5, 5.41) is 10.6. The van der Waals surface area contributed by atoms with Crippen LogP contribution >= 0.6 is 0 Å². The maximum absolute atomic E-state index is 10.6. The molecular weight excluding hydrogens is 196 g/mol. The highest BCUT2D eigenvalue weighted by atomic mass is 16.3. The van der Waals surface area contributed by atoms with Crippen molar-refractivity contribution >= 4 is 0 Å². The average Bonchev–Trinajstić information content (AvgIpc) is 2.51. The van der Waals surface area contributed by atoms with Crippen molar-refractivity contribution in [2.75, 3.05) is 0 Å². The molecule has 0 amide bonds. The Balaban J connectivity index is 2.02. The van der Waals surface area contributed by atoms with Crippen LogP contribution in [0.15, 0.2) is 0 Å². The van der Waals surface area contributed by atoms with E-state index in [-0.39, 0.29) is 5.60 Å². The lowest BCUT2D eigenvalue weighted by Crippen LogP contribution is -2.46. The molecule has 0 heterocycles. The fourth-order valence-corrected chi connectivity index (χ4v) is 5.85. The molecule has 3 aliphatic rings. The van der Waals surface area contributed by atoms with Gasteiger partial charge in [0.15, 0.2) is 0 Å². The molecule has 0 saturated heterocycles. The molecule has 3 saturated carbocycles. The fraction of sp³-hybridized carbons (Fsp3) is 1.00. The molecular formula is C15H26O. The first-order valence-corrected chi connectivity index (χ1v) is 6.99. The minimum atomic E-state index is -0.376. The van der Waals surface area contributed by atoms with Gasteiger partial charge in [0.05, 0.1) is 5.60 Å². The van der Waals surface area contributed by atoms with Crippen LogP contribution in [0.4, 0.5) is 0 Å². The molecule has 0 aromatic heterocycles. The number of hydrogen-bond acceptors (Lipinski definition) is 1. The lowest BCUT2D eigenvalue weighted by atomic mass is 9.61. The van der Waals surface area contributed by atoms with Crippen LogP contribution in [-0.4, -0.2) is 10.7 Å². The normalized spacial score (nSPS) is 58.7. The summed E-state index contributed by atoms with van der Waals surface area (Å²) in [6.07, 6.45) is 6.26. The molecule has 0 radical (unpaired) electrons. The molecule has 3 fully saturated rings. The molecule has 0 aliphatic heterocycles. The van der Waals surface area contributed by atoms with Gasteiger partial charge in [0.2, 0.25) is 0 Å². The van der Waals surface area contributed by atoms with Crippen LogP contribution in [0.5, 0.6) is 0 Å². The van der Waals surface area contributed by atoms with Crippen LogP contribution in [0.3, 0.4) is 0 Å². The van der Waals surface area contributed by atoms with E-state index in [2.05, 4.69) is 27.7 Å². The number of rotatable bonds is 0. The quantitative estimate of drug-likeness (QED) is 0.664. The van der Waals surface area contributed by atoms with Crippen molar-refractivity contribution in [1.29, 1.82) is 0 Å². The number of aliphatic hydroxyl groups is 1. The van der Waals surface area contributed by atoms with Gasteiger partial charge in [0.1, 0.15) is 0 Å². The van der Waals surface area contributed by atoms with Crippen LogP contribution in [0.25, 0.3) is 0 Å². The van der Waals surface area contributed by atoms with E-state index in [1.165, 1.54) is 25.7 Å². The van der Waals surface area contributed by atoms with E-state index in [4.69, 9.17) is 0 Å². The largest absolute Gasteiger partial charge is 0.390 e. The molecule has 0 spiro atoms. The van der Waals surface area contributed by atoms with Gasteiger partial charge in [0.25, 0.3) is 0 Å². The first-order valence-electron chi connectivity index (χ1n) is 6.99. The molecule has 0 aromatic carbocycles. The van der Waals surface area contributed by atoms with Crippen molar-refractivity contribution in [3.8, 4) is 0 Å². The van der Waals surface area contributed by atoms with Gasteiger partial charge < -0.3 is 5.11 Å². The second-order valence-corrected chi connectivity index (χ2v) is 7.99. The smallest absolute Gasteiger partial charge is 0.0650 e. The van der Waals surface area contributed by atoms with Gasteiger partial charge in [-0.05, 0) is 67.6 Å². The van der Waals surface area contributed by atoms with E-state index in [0.29, 0.717) is 16.7 Å². The third-order valence-electron chi connectivity index (χ3n) is 6.32. The zero-order chi connectivity index (χ0) is 11.8. The Bertz CT molecular complexity index is 315. The first-order chi connectivity index (χ1) is 7.26. The SMILES string of the molecule is CC1(C)C[C@]2(C)CC[C@@H]3[C@@H]2[C@H]1CC[C@]3(C)O. The van der Waals surface area contributed by atoms with Crippen LogP contribution in [0.1, 0.15) is 59.8 Å². The maximum Gasteiger partial charge on any atom is 0.0650 e. The molecule has 1 N–H and O–H groups in total. The second kappa shape index (κ2) is 2.85. The third-order valence-corrected chi connectivity index (χ3v) is 6.32. The minimum Gasteiger partial charge on any atom is -0.390 e. The van der Waals surface area contributed by atoms with Gasteiger partial charge in [0, 0.05) is 0 Å². The van der Waals surface area contributed by atoms with Crippen molar-refractivity contribution < 1.29 is 5.11 Å². The van der Waals surface area contributed by atoms with Gasteiger partial charge in [-0.25, -0.2) is 0 Å². The van der Waals surface area contributed by atoms with Gasteiger partial charge in [-0.2, -0.15) is 0 Å². The van der Waals surface area contributed by atoms with Crippen molar-refractivity contribution in [2.45, 2.75) is 65.4 Å². The highest BCUT2D eigenvalue weighted by molar-refractivity contribution is 5.13. The summed E-state index contributed by atoms with van der Waals surface area (Å²) in [7, 11) is 0. The zero-order valence-electron chi connectivity index (χ0n) is 11.2. The van der Waals surface area contributed by atoms with Crippen LogP contribution < -0.4 is 0 Å². The van der Waals surface area contributed by atoms with Crippen molar-refractivity contribution in [1.82, 2.24) is 0 Å². The highest BCUT2D eigenvalue weighted by Crippen LogP contribution is 2.70. The summed E-state index contributed by atoms with van der Waals surface area (Å²) in [5.74, 6) is 2.24. The molecule has 16 heavy (non-hydrogen) atoms. The van der Waals surface area contributed by atoms with Crippen molar-refractivity contribution in [3.05, 3.63) is 0 Å². The molecule has 1 nitrogen and oxygen atoms in total. The molecule has 0 bridgehead atoms. The summed E-state index contributed by atoms with van der Waals surface area (Å²) in [5.41, 5.74) is 0.664. The van der Waals surface area contributed by atoms with Gasteiger partial charge in [-0.15, -0.1) is 0 Å². The Labute approximate surface area is 99.6 Å². The molecule has 3 aliphatic carbocycles. The predicted molar refractivity (Wildman–Crippen MR) is 66.1 cm³/mol. The Morgan fingerprint density at radius 3 is 2.25 bits per heavy atom. The van der Waals surface area contributed by atoms with Crippen LogP contribution in [0, 0.1) is 28.6 Å². The van der Waals surface area contributed by atoms with Gasteiger partial charge in [-0.1, -0.05) is 20.8 Å². The maximum atomic E-state index is 10.6. The summed E-state index contributed by atoms with van der Waals surface area (Å²) in [6.45, 7) is 9.49. The zero-order valence-corrected chi connectivity index (χ0v) is 11.2. The molecule has 92 valence electrons. The topological polar surface area (TPSA) is 20.2 Å². The predicted octanol–water partition coefficient (Wildman–Crippen LogP) is 3.61. The van der Waals surface area contributed by atoms with Crippen molar-refractivity contribution in [3.63, 3.8) is 0 Å². The number of hydrogen-bond donors (Lipinski definition) is 1. The first kappa shape index (κ1) is 11.1. The Morgan fingerprint density at radius 2 is 1.56 bits per heavy atom. The molecule has 0 unspecified atom stereocenters. The summed E-state index contributed by atoms with van der Waals surface area (Å²) < 4.78 is 0. The third kappa shape index (κ3) is 1.21. The van der Waals surface area contributed by atoms with Gasteiger partial charge in [-0.3, -0.25) is 0 Å². The fourth-order valence-electron chi connectivity index (χ4n) is 5.85. The second-order valence-electron chi connectivity index (χ2n) is 7.99. The monoisotopic (exact) mass is 222 g/mol. The molecule has 0 aromatic rings. The van der Waals surface area contributed by atoms with E-state index in [0.717, 1.165) is 18.3 Å². The Morgan fingerprint density at radius 1 is 0.938 bits per heavy atom. The van der Waals surface area contributed by atoms with Crippen LogP contribution in [0.2, 0.25) is 0 Å². The van der Waals surface area contributed by atoms with E-state index in [1.54, 1.807) is 0 Å². The molecule has 5 atom stereocenters. The van der Waals surface area contributed by atoms with Crippen molar-refractivity contribution in [2.24, 2.45) is 28.6 Å². The van der Waals surface area contributed by atoms with Crippen LogP contribution in [-0.2, 0) is 0 Å². The lowest BCUT2D eigenvalue weighted by Gasteiger charge is -2.46. The van der Waals surface area contributed by atoms with E-state index in [9.17, 15) is 5.11 Å². The molecule has 1 heteroatoms. The average molecular weight is 222 g/mol. The van der Waals surface area contributed by atoms with E-state index >= 15 is 0 Å². The Hall–Kier alpha value is -0.0400. The highest BCUT2D eigenvalue weighted by Gasteiger charge is 2.64. The summed E-state index contributed by atoms with van der Waals surface area (Å²) >= 11 is 0. The van der Waals surface area contributed by atoms with E-state index < -0.39 is 0 Å². The minimum absolute atomic E-state index is 0.376. The Kier molecular flexibility index (Phi) is 1.98. The standard InChI is InChI=1S/C15H26O/c1-13(2)9-14(3)7-5-11-12(14)10(13)6-8-15(11,4)16/h10-12,16H,5-9H2,1-4H3/t10-,11-,12+,14+,15+/m1/s1. The summed E-state index contributed by atoms with van der Waals surface area (Å²) in [4.78, 5) is 0.